The molecule has 0 bridgehead atoms. The average Bonchev–Trinajstić information content (AvgIpc) is 3.01. The lowest BCUT2D eigenvalue weighted by Gasteiger charge is -2.24. The Hall–Kier alpha value is -2.07. The quantitative estimate of drug-likeness (QED) is 0.309. The third kappa shape index (κ3) is 5.85. The van der Waals surface area contributed by atoms with Crippen LogP contribution in [0, 0.1) is 5.92 Å². The highest BCUT2D eigenvalue weighted by Gasteiger charge is 2.29. The Kier molecular flexibility index (Phi) is 7.72. The van der Waals surface area contributed by atoms with Gasteiger partial charge in [0.2, 0.25) is 11.8 Å². The van der Waals surface area contributed by atoms with E-state index in [9.17, 15) is 14.4 Å². The summed E-state index contributed by atoms with van der Waals surface area (Å²) < 4.78 is 0. The van der Waals surface area contributed by atoms with Crippen LogP contribution in [0.3, 0.4) is 0 Å². The SMILES string of the molecule is CC(C)C(NC(=O)C(N)Cc1cnc[nH]1)C(=O)NC(CS)C(=O)O. The van der Waals surface area contributed by atoms with Gasteiger partial charge in [-0.05, 0) is 5.92 Å². The molecule has 24 heavy (non-hydrogen) atoms. The van der Waals surface area contributed by atoms with E-state index in [1.165, 1.54) is 6.33 Å². The van der Waals surface area contributed by atoms with Crippen molar-refractivity contribution < 1.29 is 19.5 Å². The number of hydrogen-bond donors (Lipinski definition) is 6. The predicted octanol–water partition coefficient (Wildman–Crippen LogP) is -1.08. The molecule has 1 rings (SSSR count). The van der Waals surface area contributed by atoms with Crippen LogP contribution in [0.5, 0.6) is 0 Å². The number of hydrogen-bond acceptors (Lipinski definition) is 6. The van der Waals surface area contributed by atoms with Crippen LogP contribution in [0.4, 0.5) is 0 Å². The lowest BCUT2D eigenvalue weighted by Crippen LogP contribution is -2.56. The second-order valence-electron chi connectivity index (χ2n) is 5.70. The van der Waals surface area contributed by atoms with Gasteiger partial charge in [0.15, 0.2) is 0 Å². The van der Waals surface area contributed by atoms with Gasteiger partial charge in [0.25, 0.3) is 0 Å². The zero-order valence-electron chi connectivity index (χ0n) is 13.5. The monoisotopic (exact) mass is 357 g/mol. The van der Waals surface area contributed by atoms with E-state index in [4.69, 9.17) is 10.8 Å². The van der Waals surface area contributed by atoms with Gasteiger partial charge in [-0.1, -0.05) is 13.8 Å². The number of aliphatic carboxylic acids is 1. The summed E-state index contributed by atoms with van der Waals surface area (Å²) in [6.45, 7) is 3.48. The van der Waals surface area contributed by atoms with Crippen molar-refractivity contribution >= 4 is 30.4 Å². The van der Waals surface area contributed by atoms with Gasteiger partial charge in [-0.25, -0.2) is 9.78 Å². The number of amides is 2. The molecule has 0 saturated carbocycles. The first-order chi connectivity index (χ1) is 11.3. The number of carbonyl (C=O) groups is 3. The van der Waals surface area contributed by atoms with Gasteiger partial charge in [0.1, 0.15) is 12.1 Å². The number of imidazole rings is 1. The van der Waals surface area contributed by atoms with E-state index >= 15 is 0 Å². The fourth-order valence-corrected chi connectivity index (χ4v) is 2.22. The maximum Gasteiger partial charge on any atom is 0.327 e. The predicted molar refractivity (Wildman–Crippen MR) is 90.5 cm³/mol. The Balaban J connectivity index is 2.68. The minimum Gasteiger partial charge on any atom is -0.480 e. The molecule has 2 amide bonds. The molecular formula is C14H23N5O4S. The molecule has 0 aliphatic heterocycles. The van der Waals surface area contributed by atoms with Gasteiger partial charge in [-0.3, -0.25) is 9.59 Å². The van der Waals surface area contributed by atoms with Crippen molar-refractivity contribution in [2.24, 2.45) is 11.7 Å². The molecule has 3 unspecified atom stereocenters. The standard InChI is InChI=1S/C14H23N5O4S/c1-7(2)11(13(21)18-10(5-24)14(22)23)19-12(20)9(15)3-8-4-16-6-17-8/h4,6-7,9-11,24H,3,5,15H2,1-2H3,(H,16,17)(H,18,21)(H,19,20)(H,22,23). The lowest BCUT2D eigenvalue weighted by atomic mass is 10.0. The maximum atomic E-state index is 12.3. The number of nitrogens with two attached hydrogens (primary N) is 1. The van der Waals surface area contributed by atoms with E-state index < -0.39 is 35.9 Å². The zero-order chi connectivity index (χ0) is 18.3. The fraction of sp³-hybridized carbons (Fsp3) is 0.571. The molecule has 0 aliphatic carbocycles. The van der Waals surface area contributed by atoms with Crippen molar-refractivity contribution in [3.63, 3.8) is 0 Å². The van der Waals surface area contributed by atoms with E-state index in [1.807, 2.05) is 0 Å². The molecule has 0 fully saturated rings. The first-order valence-corrected chi connectivity index (χ1v) is 8.06. The topological polar surface area (TPSA) is 150 Å². The number of carbonyl (C=O) groups excluding carboxylic acids is 2. The summed E-state index contributed by atoms with van der Waals surface area (Å²) in [6.07, 6.45) is 3.28. The van der Waals surface area contributed by atoms with Crippen LogP contribution < -0.4 is 16.4 Å². The third-order valence-electron chi connectivity index (χ3n) is 3.38. The summed E-state index contributed by atoms with van der Waals surface area (Å²) in [7, 11) is 0. The van der Waals surface area contributed by atoms with Crippen LogP contribution in [0.25, 0.3) is 0 Å². The average molecular weight is 357 g/mol. The molecule has 6 N–H and O–H groups in total. The number of H-pyrrole nitrogens is 1. The Morgan fingerprint density at radius 2 is 2.00 bits per heavy atom. The first-order valence-electron chi connectivity index (χ1n) is 7.43. The second kappa shape index (κ2) is 9.28. The molecule has 10 heteroatoms. The van der Waals surface area contributed by atoms with Crippen molar-refractivity contribution in [3.8, 4) is 0 Å². The summed E-state index contributed by atoms with van der Waals surface area (Å²) in [5.74, 6) is -2.59. The number of aromatic amines is 1. The van der Waals surface area contributed by atoms with Crippen molar-refractivity contribution in [1.82, 2.24) is 20.6 Å². The molecular weight excluding hydrogens is 334 g/mol. The van der Waals surface area contributed by atoms with E-state index in [2.05, 4.69) is 33.2 Å². The highest BCUT2D eigenvalue weighted by atomic mass is 32.1. The van der Waals surface area contributed by atoms with Crippen LogP contribution in [0.15, 0.2) is 12.5 Å². The van der Waals surface area contributed by atoms with Crippen molar-refractivity contribution in [3.05, 3.63) is 18.2 Å². The molecule has 0 spiro atoms. The normalized spacial score (nSPS) is 14.7. The summed E-state index contributed by atoms with van der Waals surface area (Å²) >= 11 is 3.89. The summed E-state index contributed by atoms with van der Waals surface area (Å²) in [6, 6.07) is -2.88. The van der Waals surface area contributed by atoms with Crippen LogP contribution in [-0.2, 0) is 20.8 Å². The molecule has 0 saturated heterocycles. The minimum absolute atomic E-state index is 0.0564. The number of nitrogens with one attached hydrogen (secondary N) is 3. The Morgan fingerprint density at radius 3 is 2.46 bits per heavy atom. The highest BCUT2D eigenvalue weighted by Crippen LogP contribution is 2.05. The Bertz CT molecular complexity index is 564. The second-order valence-corrected chi connectivity index (χ2v) is 6.06. The minimum atomic E-state index is -1.19. The fourth-order valence-electron chi connectivity index (χ4n) is 1.97. The van der Waals surface area contributed by atoms with Crippen LogP contribution >= 0.6 is 12.6 Å². The molecule has 3 atom stereocenters. The molecule has 134 valence electrons. The molecule has 0 aromatic carbocycles. The van der Waals surface area contributed by atoms with Crippen molar-refractivity contribution in [2.75, 3.05) is 5.75 Å². The summed E-state index contributed by atoms with van der Waals surface area (Å²) in [5, 5.41) is 13.9. The van der Waals surface area contributed by atoms with Crippen LogP contribution in [-0.4, -0.2) is 56.7 Å². The van der Waals surface area contributed by atoms with Gasteiger partial charge in [-0.15, -0.1) is 0 Å². The summed E-state index contributed by atoms with van der Waals surface area (Å²) in [5.41, 5.74) is 6.53. The van der Waals surface area contributed by atoms with E-state index in [0.29, 0.717) is 5.69 Å². The maximum absolute atomic E-state index is 12.3. The van der Waals surface area contributed by atoms with Gasteiger partial charge in [-0.2, -0.15) is 12.6 Å². The van der Waals surface area contributed by atoms with Gasteiger partial charge < -0.3 is 26.5 Å². The van der Waals surface area contributed by atoms with Crippen LogP contribution in [0.2, 0.25) is 0 Å². The molecule has 1 aromatic rings. The van der Waals surface area contributed by atoms with Gasteiger partial charge >= 0.3 is 5.97 Å². The molecule has 1 heterocycles. The van der Waals surface area contributed by atoms with Gasteiger partial charge in [0, 0.05) is 24.1 Å². The van der Waals surface area contributed by atoms with Gasteiger partial charge in [0.05, 0.1) is 12.4 Å². The molecule has 9 nitrogen and oxygen atoms in total. The number of thiol groups is 1. The molecule has 0 radical (unpaired) electrons. The van der Waals surface area contributed by atoms with E-state index in [1.54, 1.807) is 20.0 Å². The number of aromatic nitrogens is 2. The number of carboxylic acid groups (broad SMARTS) is 1. The number of carboxylic acids is 1. The number of rotatable bonds is 9. The Labute approximate surface area is 145 Å². The van der Waals surface area contributed by atoms with E-state index in [0.717, 1.165) is 0 Å². The Morgan fingerprint density at radius 1 is 1.33 bits per heavy atom. The first kappa shape index (κ1) is 20.0. The van der Waals surface area contributed by atoms with E-state index in [-0.39, 0.29) is 18.1 Å². The van der Waals surface area contributed by atoms with Crippen LogP contribution in [0.1, 0.15) is 19.5 Å². The lowest BCUT2D eigenvalue weighted by molar-refractivity contribution is -0.141. The molecule has 1 aromatic heterocycles. The van der Waals surface area contributed by atoms with Crippen molar-refractivity contribution in [2.45, 2.75) is 38.4 Å². The zero-order valence-corrected chi connectivity index (χ0v) is 14.4. The highest BCUT2D eigenvalue weighted by molar-refractivity contribution is 7.80. The largest absolute Gasteiger partial charge is 0.480 e. The molecule has 0 aliphatic rings. The summed E-state index contributed by atoms with van der Waals surface area (Å²) in [4.78, 5) is 42.1. The van der Waals surface area contributed by atoms with Crippen molar-refractivity contribution in [1.29, 1.82) is 0 Å². The third-order valence-corrected chi connectivity index (χ3v) is 3.74. The smallest absolute Gasteiger partial charge is 0.327 e. The number of nitrogens with zero attached hydrogens (tertiary/aromatic N) is 1.